The lowest BCUT2D eigenvalue weighted by Crippen LogP contribution is -2.31. The van der Waals surface area contributed by atoms with Crippen molar-refractivity contribution < 1.29 is 18.3 Å². The molecule has 0 aliphatic carbocycles. The second-order valence-electron chi connectivity index (χ2n) is 3.82. The van der Waals surface area contributed by atoms with Crippen molar-refractivity contribution in [3.63, 3.8) is 0 Å². The van der Waals surface area contributed by atoms with Gasteiger partial charge in [-0.2, -0.15) is 24.9 Å². The number of anilines is 1. The Hall–Kier alpha value is -0.950. The van der Waals surface area contributed by atoms with Crippen LogP contribution in [0.1, 0.15) is 12.5 Å². The molecule has 1 aromatic rings. The normalized spacial score (nSPS) is 15.2. The van der Waals surface area contributed by atoms with Crippen molar-refractivity contribution >= 4 is 17.6 Å². The topological polar surface area (TPSA) is 45.1 Å². The van der Waals surface area contributed by atoms with Crippen LogP contribution >= 0.6 is 11.8 Å². The van der Waals surface area contributed by atoms with Gasteiger partial charge >= 0.3 is 6.18 Å². The second kappa shape index (κ2) is 6.29. The Kier molecular flexibility index (Phi) is 5.28. The largest absolute Gasteiger partial charge is 0.416 e. The van der Waals surface area contributed by atoms with Crippen molar-refractivity contribution in [2.45, 2.75) is 24.4 Å². The van der Waals surface area contributed by atoms with Gasteiger partial charge in [0, 0.05) is 17.5 Å². The first-order valence-electron chi connectivity index (χ1n) is 5.32. The van der Waals surface area contributed by atoms with Gasteiger partial charge in [0.05, 0.1) is 12.2 Å². The maximum atomic E-state index is 12.5. The molecule has 0 saturated carbocycles. The Morgan fingerprint density at radius 1 is 1.50 bits per heavy atom. The Labute approximate surface area is 108 Å². The zero-order chi connectivity index (χ0) is 13.8. The zero-order valence-electron chi connectivity index (χ0n) is 10.0. The molecular weight excluding hydrogens is 265 g/mol. The van der Waals surface area contributed by atoms with Crippen LogP contribution in [0.3, 0.4) is 0 Å². The number of hydrogen-bond acceptors (Lipinski definition) is 4. The average molecular weight is 280 g/mol. The molecule has 1 heterocycles. The van der Waals surface area contributed by atoms with E-state index in [9.17, 15) is 13.2 Å². The fourth-order valence-electron chi connectivity index (χ4n) is 1.45. The number of halogens is 3. The second-order valence-corrected chi connectivity index (χ2v) is 4.89. The number of rotatable bonds is 5. The van der Waals surface area contributed by atoms with Crippen LogP contribution in [0.5, 0.6) is 0 Å². The summed E-state index contributed by atoms with van der Waals surface area (Å²) in [5.74, 6) is 0.157. The molecular formula is C11H15F3N2OS. The highest BCUT2D eigenvalue weighted by atomic mass is 32.2. The van der Waals surface area contributed by atoms with Gasteiger partial charge in [0.25, 0.3) is 0 Å². The van der Waals surface area contributed by atoms with Crippen molar-refractivity contribution in [1.29, 1.82) is 0 Å². The van der Waals surface area contributed by atoms with Crippen LogP contribution in [0.4, 0.5) is 19.0 Å². The summed E-state index contributed by atoms with van der Waals surface area (Å²) in [7, 11) is 0. The predicted molar refractivity (Wildman–Crippen MR) is 66.7 cm³/mol. The van der Waals surface area contributed by atoms with E-state index in [4.69, 9.17) is 5.11 Å². The molecule has 2 unspecified atom stereocenters. The molecule has 0 fully saturated rings. The molecule has 3 nitrogen and oxygen atoms in total. The summed E-state index contributed by atoms with van der Waals surface area (Å²) < 4.78 is 37.5. The molecule has 2 atom stereocenters. The van der Waals surface area contributed by atoms with Crippen molar-refractivity contribution in [3.8, 4) is 0 Å². The molecule has 0 saturated heterocycles. The Bertz CT molecular complexity index is 383. The smallest absolute Gasteiger partial charge is 0.395 e. The molecule has 0 aliphatic rings. The van der Waals surface area contributed by atoms with Gasteiger partial charge in [-0.25, -0.2) is 4.98 Å². The van der Waals surface area contributed by atoms with Gasteiger partial charge in [-0.15, -0.1) is 0 Å². The van der Waals surface area contributed by atoms with Crippen molar-refractivity contribution in [2.24, 2.45) is 0 Å². The van der Waals surface area contributed by atoms with Gasteiger partial charge in [-0.05, 0) is 25.3 Å². The molecule has 1 aromatic heterocycles. The fourth-order valence-corrected chi connectivity index (χ4v) is 2.07. The highest BCUT2D eigenvalue weighted by Crippen LogP contribution is 2.30. The third kappa shape index (κ3) is 4.06. The highest BCUT2D eigenvalue weighted by molar-refractivity contribution is 7.99. The van der Waals surface area contributed by atoms with Crippen LogP contribution in [0.2, 0.25) is 0 Å². The lowest BCUT2D eigenvalue weighted by atomic mass is 10.2. The third-order valence-corrected chi connectivity index (χ3v) is 3.67. The minimum absolute atomic E-state index is 0.0473. The Balaban J connectivity index is 2.79. The molecule has 1 rings (SSSR count). The van der Waals surface area contributed by atoms with Crippen molar-refractivity contribution in [3.05, 3.63) is 23.9 Å². The third-order valence-electron chi connectivity index (χ3n) is 2.50. The van der Waals surface area contributed by atoms with Crippen molar-refractivity contribution in [1.82, 2.24) is 4.98 Å². The molecule has 0 bridgehead atoms. The zero-order valence-corrected chi connectivity index (χ0v) is 10.8. The molecule has 0 aromatic carbocycles. The van der Waals surface area contributed by atoms with Gasteiger partial charge < -0.3 is 10.4 Å². The van der Waals surface area contributed by atoms with Crippen LogP contribution in [0.25, 0.3) is 0 Å². The summed E-state index contributed by atoms with van der Waals surface area (Å²) in [6.45, 7) is 1.74. The monoisotopic (exact) mass is 280 g/mol. The number of thioether (sulfide) groups is 1. The van der Waals surface area contributed by atoms with Crippen LogP contribution in [-0.4, -0.2) is 34.2 Å². The standard InChI is InChI=1S/C11H15F3N2OS/c1-7(9(6-17)18-2)16-10-5-8(3-4-15-10)11(12,13)14/h3-5,7,9,17H,6H2,1-2H3,(H,15,16). The first-order chi connectivity index (χ1) is 8.38. The van der Waals surface area contributed by atoms with E-state index in [1.807, 2.05) is 6.26 Å². The molecule has 0 radical (unpaired) electrons. The minimum Gasteiger partial charge on any atom is -0.395 e. The van der Waals surface area contributed by atoms with Crippen LogP contribution in [-0.2, 0) is 6.18 Å². The number of nitrogens with zero attached hydrogens (tertiary/aromatic N) is 1. The number of aromatic nitrogens is 1. The molecule has 2 N–H and O–H groups in total. The molecule has 0 aliphatic heterocycles. The van der Waals surface area contributed by atoms with Gasteiger partial charge in [-0.1, -0.05) is 0 Å². The molecule has 0 amide bonds. The van der Waals surface area contributed by atoms with Gasteiger partial charge in [0.15, 0.2) is 0 Å². The van der Waals surface area contributed by atoms with Crippen LogP contribution < -0.4 is 5.32 Å². The summed E-state index contributed by atoms with van der Waals surface area (Å²) in [5.41, 5.74) is -0.739. The van der Waals surface area contributed by atoms with Crippen LogP contribution in [0, 0.1) is 0 Å². The number of aliphatic hydroxyl groups excluding tert-OH is 1. The number of nitrogens with one attached hydrogen (secondary N) is 1. The number of aliphatic hydroxyl groups is 1. The highest BCUT2D eigenvalue weighted by Gasteiger charge is 2.30. The van der Waals surface area contributed by atoms with Crippen LogP contribution in [0.15, 0.2) is 18.3 Å². The number of alkyl halides is 3. The first kappa shape index (κ1) is 15.1. The van der Waals surface area contributed by atoms with Gasteiger partial charge in [0.1, 0.15) is 5.82 Å². The SMILES string of the molecule is CSC(CO)C(C)Nc1cc(C(F)(F)F)ccn1. The van der Waals surface area contributed by atoms with Crippen molar-refractivity contribution in [2.75, 3.05) is 18.2 Å². The summed E-state index contributed by atoms with van der Waals surface area (Å²) >= 11 is 1.44. The van der Waals surface area contributed by atoms with Gasteiger partial charge in [0.2, 0.25) is 0 Å². The summed E-state index contributed by atoms with van der Waals surface area (Å²) in [6.07, 6.45) is -1.43. The quantitative estimate of drug-likeness (QED) is 0.870. The molecule has 18 heavy (non-hydrogen) atoms. The fraction of sp³-hybridized carbons (Fsp3) is 0.545. The average Bonchev–Trinajstić information content (AvgIpc) is 2.29. The first-order valence-corrected chi connectivity index (χ1v) is 6.60. The summed E-state index contributed by atoms with van der Waals surface area (Å²) in [4.78, 5) is 3.84. The van der Waals surface area contributed by atoms with E-state index in [2.05, 4.69) is 10.3 Å². The summed E-state index contributed by atoms with van der Waals surface area (Å²) in [6, 6.07) is 1.71. The predicted octanol–water partition coefficient (Wildman–Crippen LogP) is 2.62. The van der Waals surface area contributed by atoms with E-state index in [1.165, 1.54) is 11.8 Å². The molecule has 7 heteroatoms. The van der Waals surface area contributed by atoms with E-state index in [1.54, 1.807) is 6.92 Å². The maximum Gasteiger partial charge on any atom is 0.416 e. The van der Waals surface area contributed by atoms with Gasteiger partial charge in [-0.3, -0.25) is 0 Å². The summed E-state index contributed by atoms with van der Waals surface area (Å²) in [5, 5.41) is 11.9. The molecule has 102 valence electrons. The lowest BCUT2D eigenvalue weighted by molar-refractivity contribution is -0.137. The Morgan fingerprint density at radius 3 is 2.67 bits per heavy atom. The molecule has 0 spiro atoms. The van der Waals surface area contributed by atoms with E-state index < -0.39 is 11.7 Å². The number of hydrogen-bond donors (Lipinski definition) is 2. The maximum absolute atomic E-state index is 12.5. The Morgan fingerprint density at radius 2 is 2.17 bits per heavy atom. The lowest BCUT2D eigenvalue weighted by Gasteiger charge is -2.22. The van der Waals surface area contributed by atoms with E-state index >= 15 is 0 Å². The number of pyridine rings is 1. The van der Waals surface area contributed by atoms with E-state index in [0.29, 0.717) is 0 Å². The van der Waals surface area contributed by atoms with E-state index in [-0.39, 0.29) is 23.7 Å². The van der Waals surface area contributed by atoms with E-state index in [0.717, 1.165) is 18.3 Å². The minimum atomic E-state index is -4.38.